The van der Waals surface area contributed by atoms with Gasteiger partial charge in [0.05, 0.1) is 0 Å². The van der Waals surface area contributed by atoms with Crippen LogP contribution in [0.15, 0.2) is 10.5 Å². The van der Waals surface area contributed by atoms with Gasteiger partial charge in [-0.05, 0) is 18.0 Å². The molecule has 54 valence electrons. The molecular weight excluding hydrogens is 150 g/mol. The number of hydrogen-bond donors (Lipinski definition) is 1. The highest BCUT2D eigenvalue weighted by Crippen LogP contribution is 2.33. The zero-order valence-corrected chi connectivity index (χ0v) is 6.19. The highest BCUT2D eigenvalue weighted by atomic mass is 35.5. The Hall–Kier alpha value is -0.470. The van der Waals surface area contributed by atoms with Crippen molar-refractivity contribution in [3.8, 4) is 0 Å². The van der Waals surface area contributed by atoms with Gasteiger partial charge < -0.3 is 10.2 Å². The van der Waals surface area contributed by atoms with Gasteiger partial charge in [0.2, 0.25) is 0 Å². The van der Waals surface area contributed by atoms with E-state index in [-0.39, 0.29) is 6.04 Å². The van der Waals surface area contributed by atoms with E-state index in [0.29, 0.717) is 5.22 Å². The van der Waals surface area contributed by atoms with E-state index in [4.69, 9.17) is 21.8 Å². The molecule has 0 aliphatic heterocycles. The summed E-state index contributed by atoms with van der Waals surface area (Å²) in [6.45, 7) is 0. The Kier molecular flexibility index (Phi) is 1.25. The average molecular weight is 158 g/mol. The fourth-order valence-corrected chi connectivity index (χ4v) is 1.57. The number of hydrogen-bond acceptors (Lipinski definition) is 2. The summed E-state index contributed by atoms with van der Waals surface area (Å²) in [4.78, 5) is 0. The predicted octanol–water partition coefficient (Wildman–Crippen LogP) is 1.88. The van der Waals surface area contributed by atoms with E-state index in [9.17, 15) is 0 Å². The molecule has 0 bridgehead atoms. The van der Waals surface area contributed by atoms with Crippen LogP contribution in [0.4, 0.5) is 0 Å². The Morgan fingerprint density at radius 2 is 2.50 bits per heavy atom. The maximum atomic E-state index is 5.74. The minimum absolute atomic E-state index is 0.145. The third-order valence-corrected chi connectivity index (χ3v) is 2.08. The van der Waals surface area contributed by atoms with Gasteiger partial charge in [-0.2, -0.15) is 0 Å². The van der Waals surface area contributed by atoms with E-state index >= 15 is 0 Å². The van der Waals surface area contributed by atoms with Crippen LogP contribution in [0.1, 0.15) is 23.8 Å². The summed E-state index contributed by atoms with van der Waals surface area (Å²) in [5.74, 6) is 0.970. The minimum atomic E-state index is 0.145. The van der Waals surface area contributed by atoms with E-state index in [0.717, 1.165) is 24.2 Å². The van der Waals surface area contributed by atoms with Gasteiger partial charge >= 0.3 is 0 Å². The molecular formula is C7H8ClNO. The smallest absolute Gasteiger partial charge is 0.193 e. The Labute approximate surface area is 64.0 Å². The maximum absolute atomic E-state index is 5.74. The van der Waals surface area contributed by atoms with Gasteiger partial charge in [-0.3, -0.25) is 0 Å². The van der Waals surface area contributed by atoms with E-state index in [2.05, 4.69) is 0 Å². The van der Waals surface area contributed by atoms with Crippen molar-refractivity contribution in [1.82, 2.24) is 0 Å². The first-order valence-electron chi connectivity index (χ1n) is 3.31. The normalized spacial score (nSPS) is 23.2. The Morgan fingerprint density at radius 1 is 1.70 bits per heavy atom. The van der Waals surface area contributed by atoms with Gasteiger partial charge in [-0.15, -0.1) is 0 Å². The lowest BCUT2D eigenvalue weighted by Crippen LogP contribution is -2.03. The van der Waals surface area contributed by atoms with Crippen LogP contribution in [0, 0.1) is 0 Å². The van der Waals surface area contributed by atoms with Crippen molar-refractivity contribution in [3.63, 3.8) is 0 Å². The Bertz CT molecular complexity index is 256. The standard InChI is InChI=1S/C7H8ClNO/c8-7-3-4-5(9)1-2-6(4)10-7/h3,5H,1-2,9H2. The SMILES string of the molecule is NC1CCc2oc(Cl)cc21. The van der Waals surface area contributed by atoms with Crippen molar-refractivity contribution in [3.05, 3.63) is 22.6 Å². The van der Waals surface area contributed by atoms with Gasteiger partial charge in [0.25, 0.3) is 0 Å². The van der Waals surface area contributed by atoms with Gasteiger partial charge in [-0.1, -0.05) is 0 Å². The second-order valence-electron chi connectivity index (χ2n) is 2.57. The van der Waals surface area contributed by atoms with Crippen molar-refractivity contribution in [1.29, 1.82) is 0 Å². The molecule has 1 aliphatic rings. The average Bonchev–Trinajstić information content (AvgIpc) is 2.35. The molecule has 2 N–H and O–H groups in total. The molecule has 0 saturated carbocycles. The van der Waals surface area contributed by atoms with Crippen LogP contribution in [-0.4, -0.2) is 0 Å². The molecule has 2 rings (SSSR count). The molecule has 0 amide bonds. The van der Waals surface area contributed by atoms with Crippen molar-refractivity contribution < 1.29 is 4.42 Å². The van der Waals surface area contributed by atoms with Crippen LogP contribution >= 0.6 is 11.6 Å². The third-order valence-electron chi connectivity index (χ3n) is 1.89. The lowest BCUT2D eigenvalue weighted by Gasteiger charge is -1.96. The highest BCUT2D eigenvalue weighted by molar-refractivity contribution is 6.28. The zero-order valence-electron chi connectivity index (χ0n) is 5.43. The molecule has 1 aromatic rings. The summed E-state index contributed by atoms with van der Waals surface area (Å²) in [5.41, 5.74) is 6.83. The third kappa shape index (κ3) is 0.762. The van der Waals surface area contributed by atoms with Gasteiger partial charge in [-0.25, -0.2) is 0 Å². The number of furan rings is 1. The Morgan fingerprint density at radius 3 is 3.20 bits per heavy atom. The fraction of sp³-hybridized carbons (Fsp3) is 0.429. The predicted molar refractivity (Wildman–Crippen MR) is 39.0 cm³/mol. The van der Waals surface area contributed by atoms with E-state index < -0.39 is 0 Å². The molecule has 1 heterocycles. The number of aryl methyl sites for hydroxylation is 1. The number of rotatable bonds is 0. The van der Waals surface area contributed by atoms with E-state index in [1.807, 2.05) is 6.07 Å². The molecule has 0 saturated heterocycles. The maximum Gasteiger partial charge on any atom is 0.193 e. The fourth-order valence-electron chi connectivity index (χ4n) is 1.36. The molecule has 0 spiro atoms. The molecule has 0 aromatic carbocycles. The number of halogens is 1. The summed E-state index contributed by atoms with van der Waals surface area (Å²) < 4.78 is 5.18. The first-order valence-corrected chi connectivity index (χ1v) is 3.69. The second kappa shape index (κ2) is 2.01. The van der Waals surface area contributed by atoms with Crippen molar-refractivity contribution in [2.45, 2.75) is 18.9 Å². The summed E-state index contributed by atoms with van der Waals surface area (Å²) in [6.07, 6.45) is 1.93. The first-order chi connectivity index (χ1) is 4.77. The van der Waals surface area contributed by atoms with Gasteiger partial charge in [0.15, 0.2) is 5.22 Å². The molecule has 1 atom stereocenters. The lowest BCUT2D eigenvalue weighted by atomic mass is 10.2. The van der Waals surface area contributed by atoms with Crippen LogP contribution in [0.25, 0.3) is 0 Å². The zero-order chi connectivity index (χ0) is 7.14. The van der Waals surface area contributed by atoms with Crippen molar-refractivity contribution >= 4 is 11.6 Å². The van der Waals surface area contributed by atoms with Crippen LogP contribution in [0.3, 0.4) is 0 Å². The topological polar surface area (TPSA) is 39.2 Å². The van der Waals surface area contributed by atoms with Gasteiger partial charge in [0, 0.05) is 24.1 Å². The molecule has 1 aliphatic carbocycles. The van der Waals surface area contributed by atoms with E-state index in [1.54, 1.807) is 0 Å². The summed E-state index contributed by atoms with van der Waals surface area (Å²) in [5, 5.41) is 0.458. The summed E-state index contributed by atoms with van der Waals surface area (Å²) in [6, 6.07) is 1.96. The summed E-state index contributed by atoms with van der Waals surface area (Å²) in [7, 11) is 0. The van der Waals surface area contributed by atoms with Crippen LogP contribution in [0.5, 0.6) is 0 Å². The van der Waals surface area contributed by atoms with Crippen LogP contribution in [0.2, 0.25) is 5.22 Å². The first kappa shape index (κ1) is 6.25. The molecule has 3 heteroatoms. The monoisotopic (exact) mass is 157 g/mol. The molecule has 1 unspecified atom stereocenters. The van der Waals surface area contributed by atoms with Crippen LogP contribution in [-0.2, 0) is 6.42 Å². The van der Waals surface area contributed by atoms with Crippen molar-refractivity contribution in [2.75, 3.05) is 0 Å². The highest BCUT2D eigenvalue weighted by Gasteiger charge is 2.22. The van der Waals surface area contributed by atoms with Gasteiger partial charge in [0.1, 0.15) is 5.76 Å². The quantitative estimate of drug-likeness (QED) is 0.625. The second-order valence-corrected chi connectivity index (χ2v) is 2.95. The molecule has 0 fully saturated rings. The largest absolute Gasteiger partial charge is 0.449 e. The molecule has 10 heavy (non-hydrogen) atoms. The van der Waals surface area contributed by atoms with Crippen LogP contribution < -0.4 is 5.73 Å². The summed E-state index contributed by atoms with van der Waals surface area (Å²) >= 11 is 5.62. The number of fused-ring (bicyclic) bond motifs is 1. The van der Waals surface area contributed by atoms with E-state index in [1.165, 1.54) is 0 Å². The number of nitrogens with two attached hydrogens (primary N) is 1. The lowest BCUT2D eigenvalue weighted by molar-refractivity contribution is 0.516. The molecule has 2 nitrogen and oxygen atoms in total. The van der Waals surface area contributed by atoms with Crippen molar-refractivity contribution in [2.24, 2.45) is 5.73 Å². The molecule has 1 aromatic heterocycles. The minimum Gasteiger partial charge on any atom is -0.449 e. The molecule has 0 radical (unpaired) electrons. The Balaban J connectivity index is 2.49.